The molecule has 4 amide bonds. The molecule has 3 saturated heterocycles. The van der Waals surface area contributed by atoms with Crippen LogP contribution in [-0.2, 0) is 23.9 Å². The molecule has 4 aliphatic rings. The average molecular weight is 586 g/mol. The third-order valence-electron chi connectivity index (χ3n) is 8.93. The number of hydrogen-bond acceptors (Lipinski definition) is 8. The molecule has 0 aromatic heterocycles. The number of carbonyl (C=O) groups excluding carboxylic acids is 4. The number of rotatable bonds is 4. The van der Waals surface area contributed by atoms with Gasteiger partial charge >= 0.3 is 0 Å². The molecule has 2 N–H and O–H groups in total. The van der Waals surface area contributed by atoms with E-state index in [4.69, 9.17) is 14.2 Å². The van der Waals surface area contributed by atoms with Crippen LogP contribution >= 0.6 is 0 Å². The van der Waals surface area contributed by atoms with Crippen molar-refractivity contribution in [3.05, 3.63) is 29.8 Å². The number of carbonyl (C=O) groups is 4. The van der Waals surface area contributed by atoms with Crippen LogP contribution in [0.4, 0.5) is 0 Å². The fourth-order valence-electron chi connectivity index (χ4n) is 6.60. The average Bonchev–Trinajstić information content (AvgIpc) is 3.00. The standard InChI is InChI=1S/C30H43N5O7/c1-20(36)33-12-9-21(10-13-33)34-14-15-35-25(18-34)29(38)31-17-27-24(32-28(37)19-40-2)8-7-22(42-27)11-16-41-26-6-4-3-5-23(26)30(35)39/h3-6,21-22,24-25,27H,7-19H2,1-2H3,(H,31,38)(H,32,37)/t22-,24+,25-,27+/m0/s1. The highest BCUT2D eigenvalue weighted by Gasteiger charge is 2.40. The van der Waals surface area contributed by atoms with Gasteiger partial charge in [-0.15, -0.1) is 0 Å². The molecule has 12 nitrogen and oxygen atoms in total. The van der Waals surface area contributed by atoms with Crippen LogP contribution in [0.15, 0.2) is 24.3 Å². The van der Waals surface area contributed by atoms with Crippen LogP contribution in [0, 0.1) is 0 Å². The van der Waals surface area contributed by atoms with Gasteiger partial charge in [-0.2, -0.15) is 0 Å². The Kier molecular flexibility index (Phi) is 9.96. The number of nitrogens with one attached hydrogen (secondary N) is 2. The Bertz CT molecular complexity index is 1140. The van der Waals surface area contributed by atoms with Gasteiger partial charge in [-0.25, -0.2) is 0 Å². The van der Waals surface area contributed by atoms with E-state index in [0.717, 1.165) is 19.3 Å². The highest BCUT2D eigenvalue weighted by atomic mass is 16.5. The zero-order valence-electron chi connectivity index (χ0n) is 24.6. The largest absolute Gasteiger partial charge is 0.493 e. The summed E-state index contributed by atoms with van der Waals surface area (Å²) in [6.07, 6.45) is 3.20. The van der Waals surface area contributed by atoms with Crippen molar-refractivity contribution in [2.24, 2.45) is 0 Å². The lowest BCUT2D eigenvalue weighted by Gasteiger charge is -2.46. The van der Waals surface area contributed by atoms with Gasteiger partial charge in [0.25, 0.3) is 5.91 Å². The van der Waals surface area contributed by atoms with Crippen LogP contribution in [-0.4, -0.2) is 128 Å². The van der Waals surface area contributed by atoms with Gasteiger partial charge in [0.15, 0.2) is 0 Å². The Labute approximate surface area is 247 Å². The number of fused-ring (bicyclic) bond motifs is 4. The van der Waals surface area contributed by atoms with E-state index in [0.29, 0.717) is 63.5 Å². The van der Waals surface area contributed by atoms with Gasteiger partial charge in [-0.05, 0) is 37.8 Å². The molecule has 3 fully saturated rings. The van der Waals surface area contributed by atoms with E-state index >= 15 is 0 Å². The highest BCUT2D eigenvalue weighted by molar-refractivity contribution is 6.00. The number of piperidine rings is 1. The fourth-order valence-corrected chi connectivity index (χ4v) is 6.60. The molecule has 4 aliphatic heterocycles. The van der Waals surface area contributed by atoms with E-state index < -0.39 is 12.1 Å². The summed E-state index contributed by atoms with van der Waals surface area (Å²) in [4.78, 5) is 57.8. The Morgan fingerprint density at radius 3 is 2.60 bits per heavy atom. The van der Waals surface area contributed by atoms with Gasteiger partial charge in [0.05, 0.1) is 30.4 Å². The molecule has 0 unspecified atom stereocenters. The second-order valence-electron chi connectivity index (χ2n) is 11.6. The lowest BCUT2D eigenvalue weighted by molar-refractivity contribution is -0.132. The maximum Gasteiger partial charge on any atom is 0.258 e. The van der Waals surface area contributed by atoms with Crippen molar-refractivity contribution in [3.63, 3.8) is 0 Å². The summed E-state index contributed by atoms with van der Waals surface area (Å²) < 4.78 is 17.5. The van der Waals surface area contributed by atoms with E-state index in [2.05, 4.69) is 15.5 Å². The molecule has 42 heavy (non-hydrogen) atoms. The number of benzene rings is 1. The third kappa shape index (κ3) is 7.04. The van der Waals surface area contributed by atoms with Gasteiger partial charge in [0.2, 0.25) is 17.7 Å². The smallest absolute Gasteiger partial charge is 0.258 e. The lowest BCUT2D eigenvalue weighted by Crippen LogP contribution is -2.64. The number of hydrogen-bond donors (Lipinski definition) is 2. The molecule has 0 saturated carbocycles. The van der Waals surface area contributed by atoms with Gasteiger partial charge in [-0.3, -0.25) is 24.1 Å². The van der Waals surface area contributed by atoms with E-state index in [1.807, 2.05) is 17.0 Å². The molecule has 5 rings (SSSR count). The first-order valence-electron chi connectivity index (χ1n) is 15.1. The van der Waals surface area contributed by atoms with Gasteiger partial charge in [-0.1, -0.05) is 12.1 Å². The predicted molar refractivity (Wildman–Crippen MR) is 153 cm³/mol. The minimum atomic E-state index is -0.714. The molecular weight excluding hydrogens is 542 g/mol. The van der Waals surface area contributed by atoms with Crippen molar-refractivity contribution in [1.82, 2.24) is 25.3 Å². The number of para-hydroxylation sites is 1. The van der Waals surface area contributed by atoms with Crippen LogP contribution in [0.1, 0.15) is 49.4 Å². The second-order valence-corrected chi connectivity index (χ2v) is 11.6. The molecule has 4 atom stereocenters. The molecule has 4 heterocycles. The topological polar surface area (TPSA) is 130 Å². The predicted octanol–water partition coefficient (Wildman–Crippen LogP) is 0.401. The van der Waals surface area contributed by atoms with Crippen molar-refractivity contribution >= 4 is 23.6 Å². The molecule has 1 aromatic rings. The summed E-state index contributed by atoms with van der Waals surface area (Å²) in [6.45, 7) is 4.96. The summed E-state index contributed by atoms with van der Waals surface area (Å²) >= 11 is 0. The van der Waals surface area contributed by atoms with Gasteiger partial charge < -0.3 is 34.6 Å². The van der Waals surface area contributed by atoms with Crippen LogP contribution < -0.4 is 15.4 Å². The number of methoxy groups -OCH3 is 1. The number of likely N-dealkylation sites (tertiary alicyclic amines) is 1. The van der Waals surface area contributed by atoms with E-state index in [-0.39, 0.29) is 55.0 Å². The maximum absolute atomic E-state index is 13.9. The fraction of sp³-hybridized carbons (Fsp3) is 0.667. The highest BCUT2D eigenvalue weighted by Crippen LogP contribution is 2.27. The number of nitrogens with zero attached hydrogens (tertiary/aromatic N) is 3. The SMILES string of the molecule is COCC(=O)N[C@@H]1CC[C@H]2CCOc3ccccc3C(=O)N3CCN(C4CCN(C(C)=O)CC4)C[C@H]3C(=O)NC[C@H]1O2. The molecule has 12 heteroatoms. The molecule has 1 aromatic carbocycles. The summed E-state index contributed by atoms with van der Waals surface area (Å²) in [6, 6.07) is 6.44. The van der Waals surface area contributed by atoms with E-state index in [1.165, 1.54) is 7.11 Å². The van der Waals surface area contributed by atoms with Crippen molar-refractivity contribution in [1.29, 1.82) is 0 Å². The minimum absolute atomic E-state index is 0.0490. The molecule has 0 radical (unpaired) electrons. The number of piperazine rings is 1. The first kappa shape index (κ1) is 30.2. The quantitative estimate of drug-likeness (QED) is 0.520. The van der Waals surface area contributed by atoms with Crippen LogP contribution in [0.3, 0.4) is 0 Å². The van der Waals surface area contributed by atoms with Crippen molar-refractivity contribution in [2.75, 3.05) is 59.6 Å². The minimum Gasteiger partial charge on any atom is -0.493 e. The summed E-state index contributed by atoms with van der Waals surface area (Å²) in [5, 5.41) is 6.06. The van der Waals surface area contributed by atoms with Crippen LogP contribution in [0.25, 0.3) is 0 Å². The summed E-state index contributed by atoms with van der Waals surface area (Å²) in [5.74, 6) is -0.132. The van der Waals surface area contributed by atoms with E-state index in [1.54, 1.807) is 24.0 Å². The van der Waals surface area contributed by atoms with Crippen LogP contribution in [0.2, 0.25) is 0 Å². The Balaban J connectivity index is 1.37. The number of amides is 4. The molecular formula is C30H43N5O7. The van der Waals surface area contributed by atoms with Crippen molar-refractivity contribution in [3.8, 4) is 5.75 Å². The van der Waals surface area contributed by atoms with Gasteiger partial charge in [0, 0.05) is 65.8 Å². The Morgan fingerprint density at radius 2 is 1.83 bits per heavy atom. The molecule has 230 valence electrons. The Morgan fingerprint density at radius 1 is 1.05 bits per heavy atom. The molecule has 0 spiro atoms. The maximum atomic E-state index is 13.9. The zero-order chi connectivity index (χ0) is 29.6. The lowest BCUT2D eigenvalue weighted by atomic mass is 9.96. The van der Waals surface area contributed by atoms with Crippen molar-refractivity contribution < 1.29 is 33.4 Å². The molecule has 2 bridgehead atoms. The number of ether oxygens (including phenoxy) is 3. The van der Waals surface area contributed by atoms with Crippen molar-refractivity contribution in [2.45, 2.75) is 69.4 Å². The van der Waals surface area contributed by atoms with Crippen LogP contribution in [0.5, 0.6) is 5.75 Å². The Hall–Kier alpha value is -3.22. The first-order chi connectivity index (χ1) is 20.3. The summed E-state index contributed by atoms with van der Waals surface area (Å²) in [7, 11) is 1.47. The monoisotopic (exact) mass is 585 g/mol. The van der Waals surface area contributed by atoms with Gasteiger partial charge in [0.1, 0.15) is 18.4 Å². The first-order valence-corrected chi connectivity index (χ1v) is 15.1. The molecule has 0 aliphatic carbocycles. The summed E-state index contributed by atoms with van der Waals surface area (Å²) in [5.41, 5.74) is 0.443. The normalized spacial score (nSPS) is 28.0. The second kappa shape index (κ2) is 13.8. The zero-order valence-corrected chi connectivity index (χ0v) is 24.6. The third-order valence-corrected chi connectivity index (χ3v) is 8.93. The van der Waals surface area contributed by atoms with E-state index in [9.17, 15) is 19.2 Å².